The summed E-state index contributed by atoms with van der Waals surface area (Å²) in [4.78, 5) is 40.5. The number of hydrogen-bond donors (Lipinski definition) is 1. The number of nitrogens with one attached hydrogen (secondary N) is 1. The molecule has 1 aliphatic heterocycles. The lowest BCUT2D eigenvalue weighted by Gasteiger charge is -2.37. The summed E-state index contributed by atoms with van der Waals surface area (Å²) in [6, 6.07) is 16.0. The molecule has 1 saturated heterocycles. The number of nitrogens with zero attached hydrogens (tertiary/aromatic N) is 1. The van der Waals surface area contributed by atoms with E-state index in [1.54, 1.807) is 24.3 Å². The van der Waals surface area contributed by atoms with Crippen LogP contribution < -0.4 is 10.2 Å². The van der Waals surface area contributed by atoms with Gasteiger partial charge in [-0.15, -0.1) is 0 Å². The Morgan fingerprint density at radius 2 is 1.52 bits per heavy atom. The topological polar surface area (TPSA) is 66.5 Å². The zero-order valence-corrected chi connectivity index (χ0v) is 15.7. The number of carbonyl (C=O) groups excluding carboxylic acids is 3. The third-order valence-electron chi connectivity index (χ3n) is 7.06. The summed E-state index contributed by atoms with van der Waals surface area (Å²) in [5.74, 6) is 0.596. The lowest BCUT2D eigenvalue weighted by atomic mass is 9.63. The molecule has 0 radical (unpaired) electrons. The Bertz CT molecular complexity index is 1040. The smallest absolute Gasteiger partial charge is 0.255 e. The highest BCUT2D eigenvalue weighted by Crippen LogP contribution is 2.65. The van der Waals surface area contributed by atoms with Crippen LogP contribution in [0.3, 0.4) is 0 Å². The molecular weight excluding hydrogens is 364 g/mol. The summed E-state index contributed by atoms with van der Waals surface area (Å²) in [5, 5.41) is 2.85. The second-order valence-corrected chi connectivity index (χ2v) is 8.54. The maximum absolute atomic E-state index is 13.2. The average molecular weight is 384 g/mol. The first kappa shape index (κ1) is 16.7. The Kier molecular flexibility index (Phi) is 3.40. The van der Waals surface area contributed by atoms with E-state index in [-0.39, 0.29) is 41.4 Å². The first-order chi connectivity index (χ1) is 14.1. The van der Waals surface area contributed by atoms with Crippen molar-refractivity contribution in [1.29, 1.82) is 0 Å². The van der Waals surface area contributed by atoms with E-state index in [1.165, 1.54) is 4.90 Å². The Hall–Kier alpha value is -3.21. The van der Waals surface area contributed by atoms with Crippen molar-refractivity contribution in [3.8, 4) is 0 Å². The van der Waals surface area contributed by atoms with Crippen LogP contribution in [0.25, 0.3) is 0 Å². The number of anilines is 2. The van der Waals surface area contributed by atoms with Crippen molar-refractivity contribution in [2.24, 2.45) is 35.5 Å². The summed E-state index contributed by atoms with van der Waals surface area (Å²) in [7, 11) is 0. The fourth-order valence-corrected chi connectivity index (χ4v) is 5.72. The van der Waals surface area contributed by atoms with Gasteiger partial charge >= 0.3 is 0 Å². The van der Waals surface area contributed by atoms with Crippen molar-refractivity contribution in [3.05, 3.63) is 72.3 Å². The summed E-state index contributed by atoms with van der Waals surface area (Å²) in [5.41, 5.74) is 1.61. The van der Waals surface area contributed by atoms with Crippen LogP contribution in [0.2, 0.25) is 0 Å². The monoisotopic (exact) mass is 384 g/mol. The van der Waals surface area contributed by atoms with Gasteiger partial charge in [0.2, 0.25) is 11.8 Å². The van der Waals surface area contributed by atoms with Crippen LogP contribution in [0.1, 0.15) is 16.8 Å². The van der Waals surface area contributed by atoms with Gasteiger partial charge in [0.05, 0.1) is 17.5 Å². The van der Waals surface area contributed by atoms with E-state index < -0.39 is 0 Å². The minimum Gasteiger partial charge on any atom is -0.322 e. The van der Waals surface area contributed by atoms with Gasteiger partial charge in [0, 0.05) is 11.3 Å². The number of imide groups is 1. The Morgan fingerprint density at radius 1 is 0.862 bits per heavy atom. The first-order valence-corrected chi connectivity index (χ1v) is 10.2. The van der Waals surface area contributed by atoms with Crippen LogP contribution in [0.15, 0.2) is 66.7 Å². The fourth-order valence-electron chi connectivity index (χ4n) is 5.72. The molecule has 3 amide bonds. The summed E-state index contributed by atoms with van der Waals surface area (Å²) < 4.78 is 0. The van der Waals surface area contributed by atoms with E-state index in [2.05, 4.69) is 17.5 Å². The van der Waals surface area contributed by atoms with Crippen LogP contribution in [-0.2, 0) is 9.59 Å². The van der Waals surface area contributed by atoms with E-state index >= 15 is 0 Å². The van der Waals surface area contributed by atoms with Gasteiger partial charge in [-0.05, 0) is 60.4 Å². The second kappa shape index (κ2) is 5.89. The maximum atomic E-state index is 13.2. The largest absolute Gasteiger partial charge is 0.322 e. The van der Waals surface area contributed by atoms with E-state index in [0.29, 0.717) is 28.8 Å². The molecule has 4 aliphatic carbocycles. The number of allylic oxidation sites excluding steroid dienone is 2. The highest BCUT2D eigenvalue weighted by atomic mass is 16.2. The Balaban J connectivity index is 1.30. The summed E-state index contributed by atoms with van der Waals surface area (Å²) in [6.45, 7) is 0. The Morgan fingerprint density at radius 3 is 2.17 bits per heavy atom. The predicted octanol–water partition coefficient (Wildman–Crippen LogP) is 3.50. The summed E-state index contributed by atoms with van der Waals surface area (Å²) >= 11 is 0. The number of hydrogen-bond acceptors (Lipinski definition) is 3. The number of para-hydroxylation sites is 1. The van der Waals surface area contributed by atoms with Gasteiger partial charge in [0.15, 0.2) is 0 Å². The van der Waals surface area contributed by atoms with Gasteiger partial charge in [0.1, 0.15) is 0 Å². The summed E-state index contributed by atoms with van der Waals surface area (Å²) in [6.07, 6.45) is 5.47. The van der Waals surface area contributed by atoms with Crippen LogP contribution in [0.5, 0.6) is 0 Å². The lowest BCUT2D eigenvalue weighted by Crippen LogP contribution is -2.40. The van der Waals surface area contributed by atoms with Gasteiger partial charge in [-0.25, -0.2) is 4.90 Å². The molecule has 0 aromatic heterocycles. The zero-order chi connectivity index (χ0) is 19.7. The number of benzene rings is 2. The molecule has 5 nitrogen and oxygen atoms in total. The van der Waals surface area contributed by atoms with Gasteiger partial charge in [-0.3, -0.25) is 14.4 Å². The van der Waals surface area contributed by atoms with Crippen LogP contribution in [-0.4, -0.2) is 17.7 Å². The number of carbonyl (C=O) groups is 3. The van der Waals surface area contributed by atoms with Crippen molar-refractivity contribution in [3.63, 3.8) is 0 Å². The van der Waals surface area contributed by atoms with Crippen molar-refractivity contribution in [2.75, 3.05) is 10.2 Å². The van der Waals surface area contributed by atoms with Gasteiger partial charge < -0.3 is 5.32 Å². The zero-order valence-electron chi connectivity index (χ0n) is 15.7. The molecule has 144 valence electrons. The minimum absolute atomic E-state index is 0.106. The van der Waals surface area contributed by atoms with E-state index in [9.17, 15) is 14.4 Å². The molecule has 0 unspecified atom stereocenters. The van der Waals surface area contributed by atoms with Crippen LogP contribution in [0.4, 0.5) is 11.4 Å². The third kappa shape index (κ3) is 2.36. The fraction of sp³-hybridized carbons (Fsp3) is 0.292. The maximum Gasteiger partial charge on any atom is 0.255 e. The van der Waals surface area contributed by atoms with Gasteiger partial charge in [-0.1, -0.05) is 36.4 Å². The molecule has 6 atom stereocenters. The average Bonchev–Trinajstić information content (AvgIpc) is 3.52. The SMILES string of the molecule is O=C(Nc1ccccc1)c1cccc(N2C(=O)[C@@H]3[C@H]4C=C[C@@H]([C@@H]5C[C@@H]45)[C@H]3C2=O)c1. The highest BCUT2D eigenvalue weighted by Gasteiger charge is 2.67. The molecule has 5 aliphatic rings. The van der Waals surface area contributed by atoms with E-state index in [4.69, 9.17) is 0 Å². The standard InChI is InChI=1S/C24H20N2O3/c27-22(25-14-6-2-1-3-7-14)13-5-4-8-15(11-13)26-23(28)20-16-9-10-17(19-12-18(16)19)21(20)24(26)29/h1-11,16-21H,12H2,(H,25,27)/t16-,17-,18-,19-,20+,21+/m0/s1. The van der Waals surface area contributed by atoms with Crippen molar-refractivity contribution < 1.29 is 14.4 Å². The van der Waals surface area contributed by atoms with Gasteiger partial charge in [-0.2, -0.15) is 0 Å². The molecule has 3 fully saturated rings. The van der Waals surface area contributed by atoms with Crippen LogP contribution in [0, 0.1) is 35.5 Å². The second-order valence-electron chi connectivity index (χ2n) is 8.54. The number of rotatable bonds is 3. The van der Waals surface area contributed by atoms with E-state index in [0.717, 1.165) is 6.42 Å². The van der Waals surface area contributed by atoms with Gasteiger partial charge in [0.25, 0.3) is 5.91 Å². The van der Waals surface area contributed by atoms with Crippen molar-refractivity contribution in [2.45, 2.75) is 6.42 Å². The molecule has 2 aromatic carbocycles. The van der Waals surface area contributed by atoms with Crippen molar-refractivity contribution in [1.82, 2.24) is 0 Å². The molecule has 1 heterocycles. The molecule has 1 N–H and O–H groups in total. The molecule has 2 saturated carbocycles. The highest BCUT2D eigenvalue weighted by molar-refractivity contribution is 6.23. The molecule has 7 rings (SSSR count). The van der Waals surface area contributed by atoms with Crippen molar-refractivity contribution >= 4 is 29.1 Å². The minimum atomic E-state index is -0.266. The molecule has 2 aromatic rings. The molecule has 2 bridgehead atoms. The molecule has 29 heavy (non-hydrogen) atoms. The molecular formula is C24H20N2O3. The number of amides is 3. The normalized spacial score (nSPS) is 33.4. The first-order valence-electron chi connectivity index (χ1n) is 10.2. The van der Waals surface area contributed by atoms with E-state index in [1.807, 2.05) is 30.3 Å². The Labute approximate surface area is 168 Å². The lowest BCUT2D eigenvalue weighted by molar-refractivity contribution is -0.124. The quantitative estimate of drug-likeness (QED) is 0.651. The third-order valence-corrected chi connectivity index (χ3v) is 7.06. The predicted molar refractivity (Wildman–Crippen MR) is 108 cm³/mol. The van der Waals surface area contributed by atoms with Crippen LogP contribution >= 0.6 is 0 Å². The molecule has 0 spiro atoms. The molecule has 5 heteroatoms.